The minimum Gasteiger partial charge on any atom is -0.427 e. The Balaban J connectivity index is 2.57. The van der Waals surface area contributed by atoms with Crippen LogP contribution in [0.25, 0.3) is 0 Å². The third kappa shape index (κ3) is 1.67. The van der Waals surface area contributed by atoms with E-state index in [9.17, 15) is 9.59 Å². The Morgan fingerprint density at radius 2 is 2.19 bits per heavy atom. The zero-order valence-electron chi connectivity index (χ0n) is 8.93. The number of imidazole rings is 1. The summed E-state index contributed by atoms with van der Waals surface area (Å²) < 4.78 is 6.24. The highest BCUT2D eigenvalue weighted by Crippen LogP contribution is 2.12. The number of hydrogen-bond donors (Lipinski definition) is 0. The molecule has 0 aliphatic heterocycles. The summed E-state index contributed by atoms with van der Waals surface area (Å²) in [6.45, 7) is 3.30. The van der Waals surface area contributed by atoms with Crippen LogP contribution >= 0.6 is 0 Å². The Labute approximate surface area is 91.3 Å². The van der Waals surface area contributed by atoms with E-state index in [2.05, 4.69) is 4.98 Å². The topological polar surface area (TPSA) is 65.1 Å². The highest BCUT2D eigenvalue weighted by atomic mass is 16.4. The molecule has 2 rings (SSSR count). The van der Waals surface area contributed by atoms with Crippen LogP contribution in [0.1, 0.15) is 21.7 Å². The van der Waals surface area contributed by atoms with Crippen LogP contribution < -0.4 is 5.63 Å². The highest BCUT2D eigenvalue weighted by Gasteiger charge is 2.16. The molecule has 0 saturated heterocycles. The third-order valence-corrected chi connectivity index (χ3v) is 2.29. The normalized spacial score (nSPS) is 10.4. The van der Waals surface area contributed by atoms with Crippen LogP contribution in [0.2, 0.25) is 0 Å². The van der Waals surface area contributed by atoms with Gasteiger partial charge in [0.15, 0.2) is 0 Å². The molecule has 82 valence electrons. The van der Waals surface area contributed by atoms with E-state index in [0.29, 0.717) is 16.9 Å². The molecule has 0 fully saturated rings. The summed E-state index contributed by atoms with van der Waals surface area (Å²) in [5.74, 6) is 0.0694. The predicted octanol–water partition coefficient (Wildman–Crippen LogP) is 1.14. The van der Waals surface area contributed by atoms with Crippen LogP contribution in [0.15, 0.2) is 34.0 Å². The van der Waals surface area contributed by atoms with E-state index in [1.807, 2.05) is 0 Å². The minimum atomic E-state index is -0.447. The summed E-state index contributed by atoms with van der Waals surface area (Å²) in [6.07, 6.45) is 4.47. The van der Waals surface area contributed by atoms with Crippen molar-refractivity contribution in [3.8, 4) is 0 Å². The fourth-order valence-electron chi connectivity index (χ4n) is 1.59. The van der Waals surface area contributed by atoms with E-state index >= 15 is 0 Å². The second-order valence-corrected chi connectivity index (χ2v) is 3.45. The molecule has 0 bridgehead atoms. The number of aromatic nitrogens is 2. The lowest BCUT2D eigenvalue weighted by Gasteiger charge is -2.06. The molecule has 0 atom stereocenters. The summed E-state index contributed by atoms with van der Waals surface area (Å²) in [7, 11) is 0. The monoisotopic (exact) mass is 218 g/mol. The quantitative estimate of drug-likeness (QED) is 0.720. The number of carbonyl (C=O) groups excluding carboxylic acids is 1. The van der Waals surface area contributed by atoms with Gasteiger partial charge in [0, 0.05) is 18.5 Å². The molecule has 0 aliphatic rings. The van der Waals surface area contributed by atoms with Crippen molar-refractivity contribution in [2.75, 3.05) is 0 Å². The molecule has 0 saturated carbocycles. The molecule has 5 nitrogen and oxygen atoms in total. The molecular weight excluding hydrogens is 208 g/mol. The average Bonchev–Trinajstić information content (AvgIpc) is 2.67. The van der Waals surface area contributed by atoms with Crippen LogP contribution in [0.4, 0.5) is 0 Å². The van der Waals surface area contributed by atoms with Gasteiger partial charge in [-0.2, -0.15) is 0 Å². The van der Waals surface area contributed by atoms with E-state index in [1.165, 1.54) is 23.2 Å². The highest BCUT2D eigenvalue weighted by molar-refractivity contribution is 5.97. The van der Waals surface area contributed by atoms with E-state index in [-0.39, 0.29) is 5.91 Å². The van der Waals surface area contributed by atoms with Crippen molar-refractivity contribution >= 4 is 5.91 Å². The molecule has 5 heteroatoms. The number of hydrogen-bond acceptors (Lipinski definition) is 4. The lowest BCUT2D eigenvalue weighted by Crippen LogP contribution is -2.15. The average molecular weight is 218 g/mol. The molecular formula is C11H10N2O3. The number of carbonyl (C=O) groups is 1. The first kappa shape index (κ1) is 10.4. The Bertz CT molecular complexity index is 556. The van der Waals surface area contributed by atoms with Crippen LogP contribution in [-0.2, 0) is 0 Å². The van der Waals surface area contributed by atoms with Crippen molar-refractivity contribution in [1.29, 1.82) is 0 Å². The largest absolute Gasteiger partial charge is 0.427 e. The molecule has 0 aliphatic carbocycles. The Hall–Kier alpha value is -2.17. The summed E-state index contributed by atoms with van der Waals surface area (Å²) in [5.41, 5.74) is 0.558. The Kier molecular flexibility index (Phi) is 2.44. The van der Waals surface area contributed by atoms with Crippen LogP contribution in [0.5, 0.6) is 0 Å². The molecule has 2 aromatic heterocycles. The van der Waals surface area contributed by atoms with Gasteiger partial charge in [-0.25, -0.2) is 9.78 Å². The lowest BCUT2D eigenvalue weighted by atomic mass is 10.1. The summed E-state index contributed by atoms with van der Waals surface area (Å²) >= 11 is 0. The maximum absolute atomic E-state index is 12.0. The molecule has 0 radical (unpaired) electrons. The van der Waals surface area contributed by atoms with Crippen LogP contribution in [-0.4, -0.2) is 15.5 Å². The van der Waals surface area contributed by atoms with Gasteiger partial charge < -0.3 is 4.42 Å². The summed E-state index contributed by atoms with van der Waals surface area (Å²) in [6, 6.07) is 1.30. The third-order valence-electron chi connectivity index (χ3n) is 2.29. The van der Waals surface area contributed by atoms with E-state index < -0.39 is 5.63 Å². The molecule has 0 N–H and O–H groups in total. The van der Waals surface area contributed by atoms with E-state index in [1.54, 1.807) is 20.0 Å². The first-order valence-corrected chi connectivity index (χ1v) is 4.73. The second-order valence-electron chi connectivity index (χ2n) is 3.45. The number of nitrogens with zero attached hydrogens (tertiary/aromatic N) is 2. The fraction of sp³-hybridized carbons (Fsp3) is 0.182. The Morgan fingerprint density at radius 1 is 1.44 bits per heavy atom. The van der Waals surface area contributed by atoms with Gasteiger partial charge in [-0.3, -0.25) is 9.36 Å². The minimum absolute atomic E-state index is 0.253. The van der Waals surface area contributed by atoms with Crippen molar-refractivity contribution < 1.29 is 9.21 Å². The molecule has 2 aromatic rings. The van der Waals surface area contributed by atoms with Gasteiger partial charge >= 0.3 is 5.63 Å². The van der Waals surface area contributed by atoms with Crippen molar-refractivity contribution in [3.05, 3.63) is 52.1 Å². The predicted molar refractivity (Wildman–Crippen MR) is 56.4 cm³/mol. The van der Waals surface area contributed by atoms with Crippen LogP contribution in [0, 0.1) is 13.8 Å². The molecule has 0 unspecified atom stereocenters. The molecule has 16 heavy (non-hydrogen) atoms. The number of rotatable bonds is 1. The molecule has 0 amide bonds. The van der Waals surface area contributed by atoms with Gasteiger partial charge in [0.1, 0.15) is 12.1 Å². The number of aryl methyl sites for hydroxylation is 2. The van der Waals surface area contributed by atoms with E-state index in [4.69, 9.17) is 4.42 Å². The van der Waals surface area contributed by atoms with Gasteiger partial charge in [0.05, 0.1) is 5.56 Å². The zero-order chi connectivity index (χ0) is 11.7. The maximum atomic E-state index is 12.0. The summed E-state index contributed by atoms with van der Waals surface area (Å²) in [4.78, 5) is 26.9. The molecule has 2 heterocycles. The Morgan fingerprint density at radius 3 is 2.75 bits per heavy atom. The lowest BCUT2D eigenvalue weighted by molar-refractivity contribution is 0.0955. The van der Waals surface area contributed by atoms with Crippen molar-refractivity contribution in [2.24, 2.45) is 0 Å². The summed E-state index contributed by atoms with van der Waals surface area (Å²) in [5, 5.41) is 0. The van der Waals surface area contributed by atoms with Gasteiger partial charge in [0.2, 0.25) is 0 Å². The fourth-order valence-corrected chi connectivity index (χ4v) is 1.59. The van der Waals surface area contributed by atoms with Crippen molar-refractivity contribution in [1.82, 2.24) is 9.55 Å². The van der Waals surface area contributed by atoms with Gasteiger partial charge in [-0.05, 0) is 19.4 Å². The van der Waals surface area contributed by atoms with E-state index in [0.717, 1.165) is 0 Å². The van der Waals surface area contributed by atoms with Crippen LogP contribution in [0.3, 0.4) is 0 Å². The SMILES string of the molecule is Cc1cc(=O)oc(C)c1C(=O)n1ccnc1. The molecule has 0 spiro atoms. The van der Waals surface area contributed by atoms with Crippen molar-refractivity contribution in [3.63, 3.8) is 0 Å². The first-order chi connectivity index (χ1) is 7.59. The first-order valence-electron chi connectivity index (χ1n) is 4.73. The maximum Gasteiger partial charge on any atom is 0.336 e. The molecule has 0 aromatic carbocycles. The van der Waals surface area contributed by atoms with Gasteiger partial charge in [0.25, 0.3) is 5.91 Å². The van der Waals surface area contributed by atoms with Gasteiger partial charge in [-0.15, -0.1) is 0 Å². The van der Waals surface area contributed by atoms with Gasteiger partial charge in [-0.1, -0.05) is 0 Å². The van der Waals surface area contributed by atoms with Crippen molar-refractivity contribution in [2.45, 2.75) is 13.8 Å². The standard InChI is InChI=1S/C11H10N2O3/c1-7-5-9(14)16-8(2)10(7)11(15)13-4-3-12-6-13/h3-6H,1-2H3. The smallest absolute Gasteiger partial charge is 0.336 e. The second kappa shape index (κ2) is 3.77. The zero-order valence-corrected chi connectivity index (χ0v) is 8.93.